The van der Waals surface area contributed by atoms with Crippen molar-refractivity contribution in [2.75, 3.05) is 18.0 Å². The lowest BCUT2D eigenvalue weighted by molar-refractivity contribution is 0.0714. The molecule has 0 spiro atoms. The Morgan fingerprint density at radius 3 is 2.84 bits per heavy atom. The molecule has 5 rings (SSSR count). The van der Waals surface area contributed by atoms with E-state index in [9.17, 15) is 14.0 Å². The normalized spacial score (nSPS) is 20.3. The van der Waals surface area contributed by atoms with E-state index in [-0.39, 0.29) is 43.1 Å². The van der Waals surface area contributed by atoms with Gasteiger partial charge in [-0.15, -0.1) is 5.10 Å². The molecule has 1 saturated heterocycles. The number of carbonyl (C=O) groups excluding carboxylic acids is 2. The number of fused-ring (bicyclic) bond motifs is 1. The highest BCUT2D eigenvalue weighted by Gasteiger charge is 2.37. The maximum Gasteiger partial charge on any atom is 0.280 e. The molecule has 2 amide bonds. The zero-order chi connectivity index (χ0) is 21.5. The fourth-order valence-electron chi connectivity index (χ4n) is 4.37. The average Bonchev–Trinajstić information content (AvgIpc) is 3.54. The third kappa shape index (κ3) is 3.58. The van der Waals surface area contributed by atoms with Gasteiger partial charge in [-0.2, -0.15) is 5.10 Å². The Morgan fingerprint density at radius 1 is 1.19 bits per heavy atom. The van der Waals surface area contributed by atoms with E-state index in [1.54, 1.807) is 24.3 Å². The highest BCUT2D eigenvalue weighted by atomic mass is 19.1. The van der Waals surface area contributed by atoms with Gasteiger partial charge in [-0.1, -0.05) is 23.4 Å². The number of aryl methyl sites for hydroxylation is 1. The van der Waals surface area contributed by atoms with Gasteiger partial charge in [-0.3, -0.25) is 14.3 Å². The molecule has 1 fully saturated rings. The van der Waals surface area contributed by atoms with Gasteiger partial charge in [-0.25, -0.2) is 9.07 Å². The van der Waals surface area contributed by atoms with Crippen LogP contribution in [-0.2, 0) is 20.0 Å². The number of hydrogen-bond donors (Lipinski definition) is 0. The molecule has 2 aliphatic heterocycles. The number of para-hydroxylation sites is 1. The van der Waals surface area contributed by atoms with Crippen LogP contribution in [0.5, 0.6) is 0 Å². The largest absolute Gasteiger partial charge is 0.331 e. The molecule has 160 valence electrons. The van der Waals surface area contributed by atoms with Crippen molar-refractivity contribution in [3.8, 4) is 0 Å². The van der Waals surface area contributed by atoms with Crippen LogP contribution in [0.4, 0.5) is 10.1 Å². The number of rotatable bonds is 4. The Hall–Kier alpha value is -3.56. The lowest BCUT2D eigenvalue weighted by atomic mass is 10.2. The molecule has 31 heavy (non-hydrogen) atoms. The maximum atomic E-state index is 14.2. The van der Waals surface area contributed by atoms with Crippen LogP contribution in [0.2, 0.25) is 0 Å². The summed E-state index contributed by atoms with van der Waals surface area (Å²) in [5.74, 6) is -0.474. The minimum Gasteiger partial charge on any atom is -0.331 e. The van der Waals surface area contributed by atoms with E-state index in [0.29, 0.717) is 12.1 Å². The number of carbonyl (C=O) groups is 2. The Morgan fingerprint density at radius 2 is 2.03 bits per heavy atom. The van der Waals surface area contributed by atoms with Crippen molar-refractivity contribution in [3.63, 3.8) is 0 Å². The number of anilines is 1. The second-order valence-corrected chi connectivity index (χ2v) is 8.01. The first-order chi connectivity index (χ1) is 15.0. The van der Waals surface area contributed by atoms with Crippen molar-refractivity contribution >= 4 is 17.5 Å². The summed E-state index contributed by atoms with van der Waals surface area (Å²) < 4.78 is 17.2. The molecular formula is C21H22FN7O2. The summed E-state index contributed by atoms with van der Waals surface area (Å²) in [4.78, 5) is 29.0. The SMILES string of the molecule is Cn1cc(C(=O)N2C[C@@H](F)C[C@H]2Cn2cc(C(=O)N3CCc4ccccc43)nn2)cn1. The second-order valence-electron chi connectivity index (χ2n) is 8.01. The molecular weight excluding hydrogens is 401 g/mol. The van der Waals surface area contributed by atoms with E-state index in [0.717, 1.165) is 17.7 Å². The number of nitrogens with zero attached hydrogens (tertiary/aromatic N) is 7. The van der Waals surface area contributed by atoms with Crippen molar-refractivity contribution in [1.29, 1.82) is 0 Å². The predicted octanol–water partition coefficient (Wildman–Crippen LogP) is 1.47. The number of benzene rings is 1. The summed E-state index contributed by atoms with van der Waals surface area (Å²) in [6, 6.07) is 7.43. The van der Waals surface area contributed by atoms with Crippen LogP contribution < -0.4 is 4.90 Å². The number of halogens is 1. The summed E-state index contributed by atoms with van der Waals surface area (Å²) in [7, 11) is 1.73. The van der Waals surface area contributed by atoms with Gasteiger partial charge in [-0.05, 0) is 18.1 Å². The lowest BCUT2D eigenvalue weighted by Crippen LogP contribution is -2.38. The van der Waals surface area contributed by atoms with E-state index in [4.69, 9.17) is 0 Å². The number of alkyl halides is 1. The molecule has 4 heterocycles. The van der Waals surface area contributed by atoms with Gasteiger partial charge < -0.3 is 9.80 Å². The molecule has 3 aromatic rings. The minimum absolute atomic E-state index is 0.0312. The van der Waals surface area contributed by atoms with E-state index in [2.05, 4.69) is 15.4 Å². The Bertz CT molecular complexity index is 1140. The Balaban J connectivity index is 1.31. The monoisotopic (exact) mass is 423 g/mol. The second kappa shape index (κ2) is 7.60. The zero-order valence-electron chi connectivity index (χ0n) is 17.1. The van der Waals surface area contributed by atoms with Crippen molar-refractivity contribution in [2.24, 2.45) is 7.05 Å². The van der Waals surface area contributed by atoms with Crippen molar-refractivity contribution in [1.82, 2.24) is 29.7 Å². The molecule has 0 radical (unpaired) electrons. The molecule has 0 saturated carbocycles. The first kappa shape index (κ1) is 19.4. The number of hydrogen-bond acceptors (Lipinski definition) is 5. The molecule has 2 aromatic heterocycles. The zero-order valence-corrected chi connectivity index (χ0v) is 17.1. The van der Waals surface area contributed by atoms with Gasteiger partial charge in [0.15, 0.2) is 5.69 Å². The first-order valence-corrected chi connectivity index (χ1v) is 10.2. The van der Waals surface area contributed by atoms with Crippen molar-refractivity contribution in [2.45, 2.75) is 31.6 Å². The van der Waals surface area contributed by atoms with E-state index < -0.39 is 6.17 Å². The number of aromatic nitrogens is 5. The fourth-order valence-corrected chi connectivity index (χ4v) is 4.37. The predicted molar refractivity (Wildman–Crippen MR) is 109 cm³/mol. The van der Waals surface area contributed by atoms with Gasteiger partial charge in [0, 0.05) is 31.9 Å². The molecule has 0 aliphatic carbocycles. The number of amides is 2. The molecule has 0 unspecified atom stereocenters. The molecule has 10 heteroatoms. The molecule has 0 N–H and O–H groups in total. The summed E-state index contributed by atoms with van der Waals surface area (Å²) in [5.41, 5.74) is 2.68. The van der Waals surface area contributed by atoms with Gasteiger partial charge in [0.2, 0.25) is 0 Å². The first-order valence-electron chi connectivity index (χ1n) is 10.2. The van der Waals surface area contributed by atoms with Crippen LogP contribution in [0, 0.1) is 0 Å². The third-order valence-electron chi connectivity index (χ3n) is 5.86. The minimum atomic E-state index is -1.10. The standard InChI is InChI=1S/C21H22FN7O2/c1-26-10-15(9-23-26)20(30)29-11-16(22)8-17(29)12-27-13-18(24-25-27)21(31)28-7-6-14-4-2-3-5-19(14)28/h2-5,9-10,13,16-17H,6-8,11-12H2,1H3/t16-,17-/m0/s1. The Kier molecular flexibility index (Phi) is 4.76. The van der Waals surface area contributed by atoms with Crippen molar-refractivity contribution in [3.05, 3.63) is 59.7 Å². The van der Waals surface area contributed by atoms with Gasteiger partial charge >= 0.3 is 0 Å². The van der Waals surface area contributed by atoms with E-state index >= 15 is 0 Å². The van der Waals surface area contributed by atoms with Crippen LogP contribution in [0.1, 0.15) is 32.8 Å². The van der Waals surface area contributed by atoms with E-state index in [1.807, 2.05) is 24.3 Å². The molecule has 9 nitrogen and oxygen atoms in total. The van der Waals surface area contributed by atoms with Crippen LogP contribution in [0.25, 0.3) is 0 Å². The topological polar surface area (TPSA) is 89.2 Å². The fraction of sp³-hybridized carbons (Fsp3) is 0.381. The van der Waals surface area contributed by atoms with Crippen LogP contribution in [-0.4, -0.2) is 66.8 Å². The summed E-state index contributed by atoms with van der Waals surface area (Å²) in [5, 5.41) is 12.1. The third-order valence-corrected chi connectivity index (χ3v) is 5.86. The molecule has 1 aromatic carbocycles. The number of likely N-dealkylation sites (tertiary alicyclic amines) is 1. The highest BCUT2D eigenvalue weighted by Crippen LogP contribution is 2.29. The molecule has 2 atom stereocenters. The summed E-state index contributed by atoms with van der Waals surface area (Å²) in [6.07, 6.45) is 4.59. The lowest BCUT2D eigenvalue weighted by Gasteiger charge is -2.23. The summed E-state index contributed by atoms with van der Waals surface area (Å²) >= 11 is 0. The quantitative estimate of drug-likeness (QED) is 0.634. The summed E-state index contributed by atoms with van der Waals surface area (Å²) in [6.45, 7) is 0.900. The Labute approximate surface area is 178 Å². The maximum absolute atomic E-state index is 14.2. The van der Waals surface area contributed by atoms with Crippen LogP contribution in [0.3, 0.4) is 0 Å². The molecule has 0 bridgehead atoms. The van der Waals surface area contributed by atoms with Gasteiger partial charge in [0.05, 0.1) is 37.1 Å². The van der Waals surface area contributed by atoms with Crippen LogP contribution in [0.15, 0.2) is 42.9 Å². The highest BCUT2D eigenvalue weighted by molar-refractivity contribution is 6.05. The van der Waals surface area contributed by atoms with Crippen molar-refractivity contribution < 1.29 is 14.0 Å². The molecule has 2 aliphatic rings. The smallest absolute Gasteiger partial charge is 0.280 e. The van der Waals surface area contributed by atoms with Gasteiger partial charge in [0.1, 0.15) is 6.17 Å². The average molecular weight is 423 g/mol. The van der Waals surface area contributed by atoms with Gasteiger partial charge in [0.25, 0.3) is 11.8 Å². The van der Waals surface area contributed by atoms with Crippen LogP contribution >= 0.6 is 0 Å². The van der Waals surface area contributed by atoms with E-state index in [1.165, 1.54) is 20.5 Å².